The lowest BCUT2D eigenvalue weighted by Gasteiger charge is -2.27. The minimum Gasteiger partial charge on any atom is -0.330 e. The second kappa shape index (κ2) is 12.9. The van der Waals surface area contributed by atoms with Gasteiger partial charge in [0.05, 0.1) is 0 Å². The molecule has 1 saturated carbocycles. The second-order valence-corrected chi connectivity index (χ2v) is 10.8. The van der Waals surface area contributed by atoms with Crippen LogP contribution in [0.25, 0.3) is 11.1 Å². The number of rotatable bonds is 10. The molecule has 5 rings (SSSR count). The lowest BCUT2D eigenvalue weighted by Crippen LogP contribution is -2.31. The Morgan fingerprint density at radius 3 is 2.35 bits per heavy atom. The number of ketones is 1. The molecule has 206 valence electrons. The molecule has 2 aromatic carbocycles. The number of aromatic nitrogens is 1. The number of hydrogen-bond donors (Lipinski definition) is 2. The van der Waals surface area contributed by atoms with Crippen molar-refractivity contribution in [2.24, 2.45) is 38.7 Å². The van der Waals surface area contributed by atoms with Gasteiger partial charge in [-0.3, -0.25) is 14.6 Å². The maximum atomic E-state index is 13.6. The van der Waals surface area contributed by atoms with E-state index >= 15 is 0 Å². The standard InChI is InChI=1S/C32H36N6O2/c1-21-29(3-2-16-34-21)24-8-4-22(5-9-24)17-27(18-30(39)25-10-6-23(19-33)7-11-25)32(40)37-28-14-12-26(13-15-28)31-35-20-36-38-31/h2-5,8-9,12-16,23,25,27H,6-7,10-11,17-20,33H2,1H3,(H,37,40)/t23?,25?,27-/m1/s1. The van der Waals surface area contributed by atoms with Crippen molar-refractivity contribution in [3.05, 3.63) is 83.7 Å². The van der Waals surface area contributed by atoms with Crippen LogP contribution >= 0.6 is 0 Å². The molecule has 1 atom stereocenters. The average molecular weight is 537 g/mol. The van der Waals surface area contributed by atoms with E-state index in [1.807, 2.05) is 49.4 Å². The number of hydrogen-bond acceptors (Lipinski definition) is 7. The summed E-state index contributed by atoms with van der Waals surface area (Å²) < 4.78 is 0. The van der Waals surface area contributed by atoms with Crippen molar-refractivity contribution in [1.82, 2.24) is 4.98 Å². The quantitative estimate of drug-likeness (QED) is 0.343. The summed E-state index contributed by atoms with van der Waals surface area (Å²) in [6.07, 6.45) is 6.18. The maximum Gasteiger partial charge on any atom is 0.228 e. The lowest BCUT2D eigenvalue weighted by molar-refractivity contribution is -0.129. The Balaban J connectivity index is 1.30. The molecule has 0 saturated heterocycles. The third kappa shape index (κ3) is 6.74. The van der Waals surface area contributed by atoms with Crippen LogP contribution in [0.2, 0.25) is 0 Å². The summed E-state index contributed by atoms with van der Waals surface area (Å²) in [5.74, 6) is 0.661. The van der Waals surface area contributed by atoms with Gasteiger partial charge < -0.3 is 11.1 Å². The minimum absolute atomic E-state index is 0.00895. The molecule has 2 aliphatic rings. The number of anilines is 1. The fraction of sp³-hybridized carbons (Fsp3) is 0.375. The summed E-state index contributed by atoms with van der Waals surface area (Å²) in [5.41, 5.74) is 11.5. The van der Waals surface area contributed by atoms with E-state index in [0.29, 0.717) is 37.1 Å². The van der Waals surface area contributed by atoms with Gasteiger partial charge in [-0.2, -0.15) is 5.11 Å². The number of Topliss-reactive ketones (excluding diaryl/α,β-unsaturated/α-hetero) is 1. The van der Waals surface area contributed by atoms with Crippen LogP contribution in [0.4, 0.5) is 5.69 Å². The molecule has 0 radical (unpaired) electrons. The number of aliphatic imine (C=N–C) groups is 1. The highest BCUT2D eigenvalue weighted by atomic mass is 16.2. The number of nitrogens with zero attached hydrogens (tertiary/aromatic N) is 4. The number of aryl methyl sites for hydroxylation is 1. The molecular formula is C32H36N6O2. The van der Waals surface area contributed by atoms with Gasteiger partial charge in [-0.05, 0) is 92.9 Å². The molecule has 3 N–H and O–H groups in total. The molecule has 0 bridgehead atoms. The van der Waals surface area contributed by atoms with Crippen LogP contribution in [0.1, 0.15) is 48.9 Å². The molecule has 8 heteroatoms. The third-order valence-electron chi connectivity index (χ3n) is 8.07. The first kappa shape index (κ1) is 27.5. The van der Waals surface area contributed by atoms with Crippen LogP contribution in [0.5, 0.6) is 0 Å². The Kier molecular flexibility index (Phi) is 8.86. The van der Waals surface area contributed by atoms with E-state index in [0.717, 1.165) is 53.6 Å². The van der Waals surface area contributed by atoms with Crippen molar-refractivity contribution in [1.29, 1.82) is 0 Å². The summed E-state index contributed by atoms with van der Waals surface area (Å²) in [5, 5.41) is 11.0. The number of azo groups is 1. The zero-order valence-corrected chi connectivity index (χ0v) is 22.9. The van der Waals surface area contributed by atoms with Gasteiger partial charge in [0.25, 0.3) is 0 Å². The SMILES string of the molecule is Cc1ncccc1-c1ccc(C[C@H](CC(=O)C2CCC(CN)CC2)C(=O)Nc2ccc(C3=NCN=N3)cc2)cc1. The Labute approximate surface area is 235 Å². The van der Waals surface area contributed by atoms with Crippen molar-refractivity contribution < 1.29 is 9.59 Å². The zero-order chi connectivity index (χ0) is 27.9. The zero-order valence-electron chi connectivity index (χ0n) is 22.9. The van der Waals surface area contributed by atoms with Crippen LogP contribution in [-0.2, 0) is 16.0 Å². The highest BCUT2D eigenvalue weighted by Crippen LogP contribution is 2.31. The monoisotopic (exact) mass is 536 g/mol. The van der Waals surface area contributed by atoms with E-state index in [4.69, 9.17) is 5.73 Å². The minimum atomic E-state index is -0.474. The van der Waals surface area contributed by atoms with E-state index in [1.54, 1.807) is 6.20 Å². The maximum absolute atomic E-state index is 13.6. The fourth-order valence-corrected chi connectivity index (χ4v) is 5.61. The number of amidine groups is 1. The van der Waals surface area contributed by atoms with E-state index in [9.17, 15) is 9.59 Å². The van der Waals surface area contributed by atoms with Gasteiger partial charge in [0.15, 0.2) is 12.5 Å². The Hall–Kier alpha value is -4.04. The summed E-state index contributed by atoms with van der Waals surface area (Å²) in [4.78, 5) is 35.6. The highest BCUT2D eigenvalue weighted by Gasteiger charge is 2.30. The number of benzene rings is 2. The van der Waals surface area contributed by atoms with Gasteiger partial charge in [0.1, 0.15) is 5.78 Å². The molecule has 0 unspecified atom stereocenters. The molecule has 1 amide bonds. The first-order chi connectivity index (χ1) is 19.5. The van der Waals surface area contributed by atoms with Crippen molar-refractivity contribution in [2.75, 3.05) is 18.5 Å². The van der Waals surface area contributed by atoms with Crippen LogP contribution in [0, 0.1) is 24.7 Å². The molecule has 2 heterocycles. The number of pyridine rings is 1. The molecule has 40 heavy (non-hydrogen) atoms. The van der Waals surface area contributed by atoms with Gasteiger partial charge in [-0.1, -0.05) is 30.3 Å². The Morgan fingerprint density at radius 1 is 0.975 bits per heavy atom. The predicted molar refractivity (Wildman–Crippen MR) is 157 cm³/mol. The molecule has 1 aliphatic heterocycles. The van der Waals surface area contributed by atoms with Crippen LogP contribution in [-0.4, -0.2) is 35.7 Å². The first-order valence-electron chi connectivity index (χ1n) is 14.1. The smallest absolute Gasteiger partial charge is 0.228 e. The Bertz CT molecular complexity index is 1390. The summed E-state index contributed by atoms with van der Waals surface area (Å²) >= 11 is 0. The summed E-state index contributed by atoms with van der Waals surface area (Å²) in [7, 11) is 0. The van der Waals surface area contributed by atoms with Crippen LogP contribution < -0.4 is 11.1 Å². The molecule has 8 nitrogen and oxygen atoms in total. The highest BCUT2D eigenvalue weighted by molar-refractivity contribution is 6.01. The van der Waals surface area contributed by atoms with Crippen molar-refractivity contribution in [2.45, 2.75) is 45.4 Å². The van der Waals surface area contributed by atoms with Gasteiger partial charge in [0, 0.05) is 47.0 Å². The van der Waals surface area contributed by atoms with E-state index in [-0.39, 0.29) is 24.0 Å². The fourth-order valence-electron chi connectivity index (χ4n) is 5.61. The number of nitrogens with one attached hydrogen (secondary N) is 1. The van der Waals surface area contributed by atoms with E-state index in [1.165, 1.54) is 0 Å². The molecule has 0 spiro atoms. The van der Waals surface area contributed by atoms with Crippen LogP contribution in [0.3, 0.4) is 0 Å². The summed E-state index contributed by atoms with van der Waals surface area (Å²) in [6, 6.07) is 19.6. The van der Waals surface area contributed by atoms with Crippen molar-refractivity contribution >= 4 is 23.2 Å². The van der Waals surface area contributed by atoms with Gasteiger partial charge in [-0.15, -0.1) is 5.11 Å². The number of carbonyl (C=O) groups excluding carboxylic acids is 2. The van der Waals surface area contributed by atoms with E-state index < -0.39 is 5.92 Å². The topological polar surface area (TPSA) is 122 Å². The predicted octanol–water partition coefficient (Wildman–Crippen LogP) is 5.75. The van der Waals surface area contributed by atoms with Crippen LogP contribution in [0.15, 0.2) is 82.1 Å². The van der Waals surface area contributed by atoms with E-state index in [2.05, 4.69) is 43.7 Å². The van der Waals surface area contributed by atoms with Gasteiger partial charge >= 0.3 is 0 Å². The number of nitrogens with two attached hydrogens (primary N) is 1. The lowest BCUT2D eigenvalue weighted by atomic mass is 9.77. The van der Waals surface area contributed by atoms with Gasteiger partial charge in [-0.25, -0.2) is 4.99 Å². The molecule has 1 fully saturated rings. The second-order valence-electron chi connectivity index (χ2n) is 10.8. The average Bonchev–Trinajstić information content (AvgIpc) is 3.53. The number of carbonyl (C=O) groups is 2. The first-order valence-corrected chi connectivity index (χ1v) is 14.1. The summed E-state index contributed by atoms with van der Waals surface area (Å²) in [6.45, 7) is 3.02. The van der Waals surface area contributed by atoms with Gasteiger partial charge in [0.2, 0.25) is 5.91 Å². The third-order valence-corrected chi connectivity index (χ3v) is 8.07. The number of amides is 1. The largest absolute Gasteiger partial charge is 0.330 e. The normalized spacial score (nSPS) is 19.2. The molecule has 3 aromatic rings. The van der Waals surface area contributed by atoms with Crippen molar-refractivity contribution in [3.63, 3.8) is 0 Å². The van der Waals surface area contributed by atoms with Crippen molar-refractivity contribution in [3.8, 4) is 11.1 Å². The Morgan fingerprint density at radius 2 is 1.70 bits per heavy atom. The molecule has 1 aliphatic carbocycles. The molecule has 1 aromatic heterocycles. The molecular weight excluding hydrogens is 500 g/mol.